The summed E-state index contributed by atoms with van der Waals surface area (Å²) in [4.78, 5) is 26.5. The maximum atomic E-state index is 13.6. The molecule has 3 heterocycles. The molecule has 1 aliphatic heterocycles. The van der Waals surface area contributed by atoms with Crippen LogP contribution in [0.5, 0.6) is 0 Å². The third-order valence-electron chi connectivity index (χ3n) is 6.96. The van der Waals surface area contributed by atoms with Crippen molar-refractivity contribution in [3.05, 3.63) is 53.1 Å². The number of carbonyl (C=O) groups excluding carboxylic acids is 2. The van der Waals surface area contributed by atoms with Crippen LogP contribution in [0.15, 0.2) is 42.5 Å². The quantitative estimate of drug-likeness (QED) is 0.456. The minimum absolute atomic E-state index is 0.0560. The molecule has 8 heteroatoms. The van der Waals surface area contributed by atoms with E-state index in [1.807, 2.05) is 32.4 Å². The average molecular weight is 496 g/mol. The van der Waals surface area contributed by atoms with Crippen LogP contribution in [0, 0.1) is 11.3 Å². The molecule has 3 aromatic rings. The highest BCUT2D eigenvalue weighted by Gasteiger charge is 2.40. The van der Waals surface area contributed by atoms with Crippen molar-refractivity contribution >= 4 is 34.3 Å². The fourth-order valence-electron chi connectivity index (χ4n) is 5.29. The van der Waals surface area contributed by atoms with Crippen LogP contribution in [0.3, 0.4) is 0 Å². The lowest BCUT2D eigenvalue weighted by atomic mass is 9.71. The van der Waals surface area contributed by atoms with Crippen LogP contribution in [0.4, 0.5) is 0 Å². The molecular weight excluding hydrogens is 462 g/mol. The number of hydrogen-bond donors (Lipinski definition) is 2. The molecule has 2 unspecified atom stereocenters. The molecule has 0 saturated heterocycles. The van der Waals surface area contributed by atoms with Crippen molar-refractivity contribution in [1.82, 2.24) is 25.0 Å². The number of carbonyl (C=O) groups is 2. The Morgan fingerprint density at radius 1 is 1.29 bits per heavy atom. The zero-order chi connectivity index (χ0) is 25.5. The molecule has 186 valence electrons. The van der Waals surface area contributed by atoms with Gasteiger partial charge in [-0.15, -0.1) is 0 Å². The van der Waals surface area contributed by atoms with Crippen molar-refractivity contribution in [3.8, 4) is 11.1 Å². The van der Waals surface area contributed by atoms with Crippen LogP contribution < -0.4 is 10.6 Å². The standard InChI is InChI=1S/C27H34ClN5O2/c1-7-8-27(5)11-17(4)31-26(35)21(27)13-29-25(34)20-9-18(19-12-30-32(6)14-19)10-23-24(20)22(28)15-33(23)16(2)3/h9-12,14-16,21H,7-8,13H2,1-6H3,(H,29,34)(H,31,35). The monoisotopic (exact) mass is 495 g/mol. The predicted octanol–water partition coefficient (Wildman–Crippen LogP) is 5.46. The second-order valence-corrected chi connectivity index (χ2v) is 10.5. The van der Waals surface area contributed by atoms with Crippen LogP contribution in [0.2, 0.25) is 5.02 Å². The van der Waals surface area contributed by atoms with Crippen LogP contribution in [0.25, 0.3) is 22.0 Å². The summed E-state index contributed by atoms with van der Waals surface area (Å²) < 4.78 is 3.81. The van der Waals surface area contributed by atoms with Gasteiger partial charge in [-0.25, -0.2) is 0 Å². The molecule has 7 nitrogen and oxygen atoms in total. The van der Waals surface area contributed by atoms with E-state index in [0.717, 1.165) is 35.2 Å². The molecule has 35 heavy (non-hydrogen) atoms. The maximum absolute atomic E-state index is 13.6. The molecule has 2 aromatic heterocycles. The van der Waals surface area contributed by atoms with Gasteiger partial charge in [0, 0.05) is 54.1 Å². The molecule has 0 radical (unpaired) electrons. The first-order chi connectivity index (χ1) is 16.5. The lowest BCUT2D eigenvalue weighted by Gasteiger charge is -2.38. The van der Waals surface area contributed by atoms with Gasteiger partial charge in [0.2, 0.25) is 5.91 Å². The molecule has 0 aliphatic carbocycles. The van der Waals surface area contributed by atoms with Crippen molar-refractivity contribution in [2.24, 2.45) is 18.4 Å². The summed E-state index contributed by atoms with van der Waals surface area (Å²) >= 11 is 6.66. The van der Waals surface area contributed by atoms with Gasteiger partial charge in [-0.05, 0) is 44.9 Å². The number of fused-ring (bicyclic) bond motifs is 1. The van der Waals surface area contributed by atoms with E-state index in [2.05, 4.69) is 60.1 Å². The number of nitrogens with zero attached hydrogens (tertiary/aromatic N) is 3. The van der Waals surface area contributed by atoms with E-state index in [1.54, 1.807) is 10.9 Å². The predicted molar refractivity (Wildman–Crippen MR) is 140 cm³/mol. The second-order valence-electron chi connectivity index (χ2n) is 10.1. The van der Waals surface area contributed by atoms with Crippen LogP contribution in [-0.2, 0) is 11.8 Å². The number of nitrogens with one attached hydrogen (secondary N) is 2. The summed E-state index contributed by atoms with van der Waals surface area (Å²) in [7, 11) is 1.86. The Hall–Kier alpha value is -3.06. The average Bonchev–Trinajstić information content (AvgIpc) is 3.35. The van der Waals surface area contributed by atoms with Gasteiger partial charge in [0.15, 0.2) is 0 Å². The van der Waals surface area contributed by atoms with E-state index < -0.39 is 0 Å². The number of aryl methyl sites for hydroxylation is 1. The number of allylic oxidation sites excluding steroid dienone is 2. The van der Waals surface area contributed by atoms with E-state index in [1.165, 1.54) is 0 Å². The van der Waals surface area contributed by atoms with Crippen molar-refractivity contribution in [2.75, 3.05) is 6.54 Å². The molecule has 0 spiro atoms. The Bertz CT molecular complexity index is 1320. The lowest BCUT2D eigenvalue weighted by Crippen LogP contribution is -2.49. The third kappa shape index (κ3) is 4.74. The Balaban J connectivity index is 1.73. The minimum atomic E-state index is -0.358. The molecule has 0 bridgehead atoms. The van der Waals surface area contributed by atoms with Crippen molar-refractivity contribution in [1.29, 1.82) is 0 Å². The number of benzene rings is 1. The maximum Gasteiger partial charge on any atom is 0.252 e. The molecule has 4 rings (SSSR count). The smallest absolute Gasteiger partial charge is 0.252 e. The highest BCUT2D eigenvalue weighted by Crippen LogP contribution is 2.38. The lowest BCUT2D eigenvalue weighted by molar-refractivity contribution is -0.128. The molecule has 2 amide bonds. The molecular formula is C27H34ClN5O2. The van der Waals surface area contributed by atoms with Gasteiger partial charge < -0.3 is 15.2 Å². The fourth-order valence-corrected chi connectivity index (χ4v) is 5.60. The van der Waals surface area contributed by atoms with Crippen molar-refractivity contribution in [2.45, 2.75) is 53.5 Å². The summed E-state index contributed by atoms with van der Waals surface area (Å²) in [6.07, 6.45) is 9.51. The number of halogens is 1. The van der Waals surface area contributed by atoms with Gasteiger partial charge in [0.1, 0.15) is 0 Å². The molecule has 0 saturated carbocycles. The molecule has 2 atom stereocenters. The van der Waals surface area contributed by atoms with Crippen molar-refractivity contribution in [3.63, 3.8) is 0 Å². The summed E-state index contributed by atoms with van der Waals surface area (Å²) in [6.45, 7) is 10.5. The Morgan fingerprint density at radius 3 is 2.66 bits per heavy atom. The normalized spacial score (nSPS) is 20.3. The number of rotatable bonds is 7. The van der Waals surface area contributed by atoms with Crippen molar-refractivity contribution < 1.29 is 9.59 Å². The zero-order valence-electron chi connectivity index (χ0n) is 21.3. The van der Waals surface area contributed by atoms with E-state index >= 15 is 0 Å². The Kier molecular flexibility index (Phi) is 6.82. The van der Waals surface area contributed by atoms with Gasteiger partial charge in [-0.3, -0.25) is 14.3 Å². The number of aromatic nitrogens is 3. The first-order valence-corrected chi connectivity index (χ1v) is 12.5. The zero-order valence-corrected chi connectivity index (χ0v) is 22.0. The van der Waals surface area contributed by atoms with E-state index in [-0.39, 0.29) is 35.7 Å². The minimum Gasteiger partial charge on any atom is -0.351 e. The van der Waals surface area contributed by atoms with Gasteiger partial charge in [-0.1, -0.05) is 37.9 Å². The summed E-state index contributed by atoms with van der Waals surface area (Å²) in [5.41, 5.74) is 3.73. The van der Waals surface area contributed by atoms with E-state index in [9.17, 15) is 9.59 Å². The third-order valence-corrected chi connectivity index (χ3v) is 7.25. The first kappa shape index (κ1) is 25.0. The number of hydrogen-bond acceptors (Lipinski definition) is 3. The Morgan fingerprint density at radius 2 is 2.03 bits per heavy atom. The van der Waals surface area contributed by atoms with Crippen LogP contribution in [-0.4, -0.2) is 32.7 Å². The van der Waals surface area contributed by atoms with E-state index in [4.69, 9.17) is 11.6 Å². The molecule has 0 fully saturated rings. The second kappa shape index (κ2) is 9.53. The first-order valence-electron chi connectivity index (χ1n) is 12.2. The molecule has 2 N–H and O–H groups in total. The Labute approximate surface area is 211 Å². The summed E-state index contributed by atoms with van der Waals surface area (Å²) in [5.74, 6) is -0.663. The molecule has 1 aromatic carbocycles. The largest absolute Gasteiger partial charge is 0.351 e. The highest BCUT2D eigenvalue weighted by atomic mass is 35.5. The topological polar surface area (TPSA) is 81.0 Å². The fraction of sp³-hybridized carbons (Fsp3) is 0.444. The van der Waals surface area contributed by atoms with E-state index in [0.29, 0.717) is 16.0 Å². The van der Waals surface area contributed by atoms with Gasteiger partial charge in [0.05, 0.1) is 28.2 Å². The van der Waals surface area contributed by atoms with Gasteiger partial charge in [-0.2, -0.15) is 5.10 Å². The van der Waals surface area contributed by atoms with Crippen LogP contribution in [0.1, 0.15) is 63.9 Å². The van der Waals surface area contributed by atoms with Gasteiger partial charge in [0.25, 0.3) is 5.91 Å². The molecule has 1 aliphatic rings. The highest BCUT2D eigenvalue weighted by molar-refractivity contribution is 6.37. The van der Waals surface area contributed by atoms with Crippen LogP contribution >= 0.6 is 11.6 Å². The van der Waals surface area contributed by atoms with Gasteiger partial charge >= 0.3 is 0 Å². The summed E-state index contributed by atoms with van der Waals surface area (Å²) in [6, 6.07) is 4.08. The SMILES string of the molecule is CCCC1(C)C=C(C)NC(=O)C1CNC(=O)c1cc(-c2cnn(C)c2)cc2c1c(Cl)cn2C(C)C. The summed E-state index contributed by atoms with van der Waals surface area (Å²) in [5, 5.41) is 11.5. The number of amides is 2.